The van der Waals surface area contributed by atoms with E-state index in [9.17, 15) is 0 Å². The van der Waals surface area contributed by atoms with Crippen LogP contribution >= 0.6 is 24.4 Å². The maximum absolute atomic E-state index is 5.25. The molecule has 0 aliphatic heterocycles. The Morgan fingerprint density at radius 2 is 2.12 bits per heavy atom. The third kappa shape index (κ3) is 3.35. The highest BCUT2D eigenvalue weighted by Crippen LogP contribution is 2.43. The van der Waals surface area contributed by atoms with Crippen LogP contribution in [-0.2, 0) is 0 Å². The molecule has 0 N–H and O–H groups in total. The number of hydrogen-bond acceptors (Lipinski definition) is 3. The Morgan fingerprint density at radius 3 is 2.76 bits per heavy atom. The highest BCUT2D eigenvalue weighted by Gasteiger charge is 2.32. The minimum absolute atomic E-state index is 0.469. The maximum Gasteiger partial charge on any atom is 0.119 e. The Morgan fingerprint density at radius 1 is 1.35 bits per heavy atom. The zero-order valence-electron chi connectivity index (χ0n) is 10.3. The molecule has 3 heteroatoms. The summed E-state index contributed by atoms with van der Waals surface area (Å²) < 4.78 is 5.25. The van der Waals surface area contributed by atoms with Crippen LogP contribution in [0.2, 0.25) is 0 Å². The summed E-state index contributed by atoms with van der Waals surface area (Å²) in [6, 6.07) is 8.33. The van der Waals surface area contributed by atoms with Crippen LogP contribution in [0.3, 0.4) is 0 Å². The van der Waals surface area contributed by atoms with E-state index in [1.165, 1.54) is 36.3 Å². The first kappa shape index (κ1) is 13.2. The molecule has 1 aromatic carbocycles. The number of benzene rings is 1. The molecule has 0 amide bonds. The highest BCUT2D eigenvalue weighted by atomic mass is 32.2. The lowest BCUT2D eigenvalue weighted by atomic mass is 9.91. The molecule has 1 aliphatic carbocycles. The highest BCUT2D eigenvalue weighted by molar-refractivity contribution is 7.99. The largest absolute Gasteiger partial charge is 0.497 e. The van der Waals surface area contributed by atoms with Crippen LogP contribution < -0.4 is 4.74 Å². The molecule has 0 bridgehead atoms. The number of ether oxygens (including phenoxy) is 1. The van der Waals surface area contributed by atoms with Gasteiger partial charge in [0, 0.05) is 10.6 Å². The van der Waals surface area contributed by atoms with Crippen LogP contribution in [0.1, 0.15) is 25.7 Å². The van der Waals surface area contributed by atoms with E-state index in [2.05, 4.69) is 30.8 Å². The van der Waals surface area contributed by atoms with Crippen molar-refractivity contribution in [3.05, 3.63) is 24.3 Å². The predicted octanol–water partition coefficient (Wildman–Crippen LogP) is 4.28. The first-order valence-corrected chi connectivity index (χ1v) is 7.78. The van der Waals surface area contributed by atoms with Crippen molar-refractivity contribution in [1.82, 2.24) is 0 Å². The lowest BCUT2D eigenvalue weighted by molar-refractivity contribution is 0.403. The van der Waals surface area contributed by atoms with E-state index >= 15 is 0 Å². The molecule has 0 unspecified atom stereocenters. The number of thioether (sulfide) groups is 1. The number of thiol groups is 1. The lowest BCUT2D eigenvalue weighted by Gasteiger charge is -2.26. The van der Waals surface area contributed by atoms with E-state index in [1.807, 2.05) is 17.8 Å². The Hall–Kier alpha value is -0.280. The number of hydrogen-bond donors (Lipinski definition) is 1. The fraction of sp³-hybridized carbons (Fsp3) is 0.571. The minimum Gasteiger partial charge on any atom is -0.497 e. The zero-order chi connectivity index (χ0) is 12.1. The third-order valence-corrected chi connectivity index (χ3v) is 5.60. The van der Waals surface area contributed by atoms with Crippen LogP contribution in [-0.4, -0.2) is 18.6 Å². The molecule has 1 saturated carbocycles. The van der Waals surface area contributed by atoms with E-state index in [4.69, 9.17) is 4.74 Å². The predicted molar refractivity (Wildman–Crippen MR) is 78.5 cm³/mol. The quantitative estimate of drug-likeness (QED) is 0.630. The summed E-state index contributed by atoms with van der Waals surface area (Å²) >= 11 is 6.49. The standard InChI is InChI=1S/C14H20OS2/c1-15-12-5-4-6-13(9-12)17-11-14(10-16)7-2-3-8-14/h4-6,9,16H,2-3,7-8,10-11H2,1H3. The van der Waals surface area contributed by atoms with Crippen LogP contribution in [0.15, 0.2) is 29.2 Å². The van der Waals surface area contributed by atoms with Gasteiger partial charge in [-0.05, 0) is 42.2 Å². The summed E-state index contributed by atoms with van der Waals surface area (Å²) in [7, 11) is 1.72. The first-order chi connectivity index (χ1) is 8.28. The SMILES string of the molecule is COc1cccc(SCC2(CS)CCCC2)c1. The van der Waals surface area contributed by atoms with Gasteiger partial charge >= 0.3 is 0 Å². The third-order valence-electron chi connectivity index (χ3n) is 3.59. The number of rotatable bonds is 5. The zero-order valence-corrected chi connectivity index (χ0v) is 12.0. The van der Waals surface area contributed by atoms with Gasteiger partial charge in [0.2, 0.25) is 0 Å². The Labute approximate surface area is 114 Å². The van der Waals surface area contributed by atoms with E-state index in [0.717, 1.165) is 11.5 Å². The molecule has 0 aromatic heterocycles. The second-order valence-electron chi connectivity index (χ2n) is 4.83. The van der Waals surface area contributed by atoms with Gasteiger partial charge in [-0.15, -0.1) is 11.8 Å². The van der Waals surface area contributed by atoms with Gasteiger partial charge in [0.25, 0.3) is 0 Å². The molecule has 0 heterocycles. The Balaban J connectivity index is 1.96. The van der Waals surface area contributed by atoms with Gasteiger partial charge in [0.05, 0.1) is 7.11 Å². The van der Waals surface area contributed by atoms with Crippen LogP contribution in [0.5, 0.6) is 5.75 Å². The summed E-state index contributed by atoms with van der Waals surface area (Å²) in [4.78, 5) is 1.30. The molecular weight excluding hydrogens is 248 g/mol. The Kier molecular flexibility index (Phi) is 4.69. The lowest BCUT2D eigenvalue weighted by Crippen LogP contribution is -2.21. The van der Waals surface area contributed by atoms with Gasteiger partial charge in [-0.2, -0.15) is 12.6 Å². The van der Waals surface area contributed by atoms with Crippen molar-refractivity contribution in [1.29, 1.82) is 0 Å². The average Bonchev–Trinajstić information content (AvgIpc) is 2.86. The van der Waals surface area contributed by atoms with E-state index in [0.29, 0.717) is 5.41 Å². The molecule has 17 heavy (non-hydrogen) atoms. The molecule has 0 saturated heterocycles. The van der Waals surface area contributed by atoms with Crippen molar-refractivity contribution in [2.45, 2.75) is 30.6 Å². The molecule has 0 spiro atoms. The van der Waals surface area contributed by atoms with Crippen LogP contribution in [0.4, 0.5) is 0 Å². The second kappa shape index (κ2) is 6.05. The first-order valence-electron chi connectivity index (χ1n) is 6.16. The normalized spacial score (nSPS) is 18.2. The maximum atomic E-state index is 5.25. The summed E-state index contributed by atoms with van der Waals surface area (Å²) in [5, 5.41) is 0. The van der Waals surface area contributed by atoms with E-state index in [1.54, 1.807) is 7.11 Å². The summed E-state index contributed by atoms with van der Waals surface area (Å²) in [5.41, 5.74) is 0.469. The van der Waals surface area contributed by atoms with Gasteiger partial charge < -0.3 is 4.74 Å². The summed E-state index contributed by atoms with van der Waals surface area (Å²) in [5.74, 6) is 3.15. The smallest absolute Gasteiger partial charge is 0.119 e. The average molecular weight is 268 g/mol. The van der Waals surface area contributed by atoms with Gasteiger partial charge in [0.1, 0.15) is 5.75 Å². The van der Waals surface area contributed by atoms with Crippen molar-refractivity contribution < 1.29 is 4.74 Å². The van der Waals surface area contributed by atoms with Crippen molar-refractivity contribution in [2.75, 3.05) is 18.6 Å². The molecule has 1 fully saturated rings. The minimum atomic E-state index is 0.469. The van der Waals surface area contributed by atoms with Crippen LogP contribution in [0.25, 0.3) is 0 Å². The number of methoxy groups -OCH3 is 1. The molecule has 1 aliphatic rings. The second-order valence-corrected chi connectivity index (χ2v) is 6.20. The molecule has 94 valence electrons. The molecule has 1 aromatic rings. The van der Waals surface area contributed by atoms with Crippen molar-refractivity contribution >= 4 is 24.4 Å². The van der Waals surface area contributed by atoms with E-state index in [-0.39, 0.29) is 0 Å². The van der Waals surface area contributed by atoms with Crippen molar-refractivity contribution in [3.63, 3.8) is 0 Å². The Bertz CT molecular complexity index is 359. The molecule has 2 rings (SSSR count). The molecule has 0 radical (unpaired) electrons. The summed E-state index contributed by atoms with van der Waals surface area (Å²) in [6.07, 6.45) is 5.43. The van der Waals surface area contributed by atoms with Gasteiger partial charge in [-0.3, -0.25) is 0 Å². The molecule has 0 atom stereocenters. The topological polar surface area (TPSA) is 9.23 Å². The van der Waals surface area contributed by atoms with E-state index < -0.39 is 0 Å². The van der Waals surface area contributed by atoms with Crippen molar-refractivity contribution in [2.24, 2.45) is 5.41 Å². The van der Waals surface area contributed by atoms with Gasteiger partial charge in [-0.1, -0.05) is 18.9 Å². The van der Waals surface area contributed by atoms with Gasteiger partial charge in [0.15, 0.2) is 0 Å². The fourth-order valence-corrected chi connectivity index (χ4v) is 4.22. The monoisotopic (exact) mass is 268 g/mol. The summed E-state index contributed by atoms with van der Waals surface area (Å²) in [6.45, 7) is 0. The molecule has 1 nitrogen and oxygen atoms in total. The fourth-order valence-electron chi connectivity index (χ4n) is 2.40. The molecular formula is C14H20OS2. The van der Waals surface area contributed by atoms with Gasteiger partial charge in [-0.25, -0.2) is 0 Å². The van der Waals surface area contributed by atoms with Crippen molar-refractivity contribution in [3.8, 4) is 5.75 Å². The van der Waals surface area contributed by atoms with Crippen LogP contribution in [0, 0.1) is 5.41 Å².